The predicted octanol–water partition coefficient (Wildman–Crippen LogP) is 9.96. The van der Waals surface area contributed by atoms with E-state index in [4.69, 9.17) is 30.9 Å². The van der Waals surface area contributed by atoms with E-state index in [-0.39, 0.29) is 128 Å². The largest absolute Gasteiger partial charge is 1.00 e. The van der Waals surface area contributed by atoms with Gasteiger partial charge in [-0.25, -0.2) is 16.2 Å². The Labute approximate surface area is 556 Å². The molecule has 0 aromatic heterocycles. The number of aromatic hydroxyl groups is 6. The third-order valence-electron chi connectivity index (χ3n) is 14.0. The van der Waals surface area contributed by atoms with Crippen molar-refractivity contribution in [3.8, 4) is 34.5 Å². The van der Waals surface area contributed by atoms with E-state index >= 15 is 0 Å². The number of phenols is 6. The van der Waals surface area contributed by atoms with Gasteiger partial charge in [0.05, 0.1) is 20.3 Å². The maximum absolute atomic E-state index is 11.9. The summed E-state index contributed by atoms with van der Waals surface area (Å²) in [6.45, 7) is 34.7. The van der Waals surface area contributed by atoms with Crippen LogP contribution in [0.1, 0.15) is 183 Å². The van der Waals surface area contributed by atoms with Crippen molar-refractivity contribution >= 4 is 63.7 Å². The van der Waals surface area contributed by atoms with Gasteiger partial charge in [-0.15, -0.1) is 0 Å². The van der Waals surface area contributed by atoms with E-state index < -0.39 is 5.24 Å². The topological polar surface area (TPSA) is 281 Å². The fourth-order valence-electron chi connectivity index (χ4n) is 8.56. The van der Waals surface area contributed by atoms with Crippen molar-refractivity contribution in [1.82, 2.24) is 0 Å². The number of carbonyl (C=O) groups excluding carboxylic acids is 6. The van der Waals surface area contributed by atoms with Gasteiger partial charge < -0.3 is 54.7 Å². The number of halogens is 1. The summed E-state index contributed by atoms with van der Waals surface area (Å²) >= 11 is 4.87. The Kier molecular flexibility index (Phi) is 43.5. The minimum absolute atomic E-state index is 0. The third kappa shape index (κ3) is 36.4. The number of esters is 3. The van der Waals surface area contributed by atoms with Gasteiger partial charge in [0, 0.05) is 58.6 Å². The van der Waals surface area contributed by atoms with E-state index in [1.54, 1.807) is 39.0 Å². The van der Waals surface area contributed by atoms with Crippen molar-refractivity contribution in [2.45, 2.75) is 182 Å². The number of methoxy groups -OCH3 is 1. The van der Waals surface area contributed by atoms with E-state index in [2.05, 4.69) is 24.5 Å². The van der Waals surface area contributed by atoms with Crippen molar-refractivity contribution in [2.24, 2.45) is 5.41 Å². The zero-order chi connectivity index (χ0) is 66.7. The van der Waals surface area contributed by atoms with Crippen molar-refractivity contribution in [1.29, 1.82) is 0 Å². The van der Waals surface area contributed by atoms with Crippen LogP contribution in [-0.2, 0) is 64.0 Å². The molecule has 1 heterocycles. The average molecular weight is 1270 g/mol. The van der Waals surface area contributed by atoms with E-state index in [0.29, 0.717) is 60.3 Å². The van der Waals surface area contributed by atoms with E-state index in [1.807, 2.05) is 62.0 Å². The van der Waals surface area contributed by atoms with E-state index in [9.17, 15) is 59.4 Å². The van der Waals surface area contributed by atoms with Gasteiger partial charge in [-0.1, -0.05) is 88.0 Å². The Bertz CT molecular complexity index is 2790. The quantitative estimate of drug-likeness (QED) is 0.00478. The fourth-order valence-corrected chi connectivity index (χ4v) is 8.56. The van der Waals surface area contributed by atoms with Crippen LogP contribution in [-0.4, -0.2) is 121 Å². The van der Waals surface area contributed by atoms with Gasteiger partial charge in [-0.3, -0.25) is 19.2 Å². The van der Waals surface area contributed by atoms with Crippen LogP contribution in [0.25, 0.3) is 0 Å². The number of aliphatic hydroxyl groups is 1. The van der Waals surface area contributed by atoms with Gasteiger partial charge in [0.15, 0.2) is 28.9 Å². The van der Waals surface area contributed by atoms with Crippen LogP contribution in [0.3, 0.4) is 0 Å². The minimum atomic E-state index is -0.463. The van der Waals surface area contributed by atoms with E-state index in [1.165, 1.54) is 68.2 Å². The number of carbonyl (C=O) groups is 6. The van der Waals surface area contributed by atoms with Gasteiger partial charge in [-0.2, -0.15) is 6.42 Å². The molecule has 1 saturated heterocycles. The molecule has 0 spiro atoms. The molecule has 1 aliphatic carbocycles. The molecule has 0 radical (unpaired) electrons. The molecule has 89 heavy (non-hydrogen) atoms. The molecular weight excluding hydrogens is 1170 g/mol. The van der Waals surface area contributed by atoms with Crippen LogP contribution in [0.15, 0.2) is 115 Å². The Morgan fingerprint density at radius 2 is 0.955 bits per heavy atom. The van der Waals surface area contributed by atoms with Crippen LogP contribution in [0.2, 0.25) is 0 Å². The van der Waals surface area contributed by atoms with Gasteiger partial charge in [0.1, 0.15) is 34.5 Å². The molecule has 0 bridgehead atoms. The second-order valence-corrected chi connectivity index (χ2v) is 24.2. The number of benzene rings is 3. The maximum Gasteiger partial charge on any atom is 1.00 e. The van der Waals surface area contributed by atoms with Gasteiger partial charge in [-0.05, 0) is 191 Å². The molecule has 1 fully saturated rings. The number of ether oxygens (including phenoxy) is 4. The Balaban J connectivity index is -0.00000104. The number of ketones is 2. The summed E-state index contributed by atoms with van der Waals surface area (Å²) in [5.74, 6) is -0.213. The number of rotatable bonds is 25. The standard InChI is InChI=1S/C17H24O4.C17H22O4.C14H20O4.C13H20O3.C4H5ClO.C4H7O.Al.Li.3H/c2*1-12(2)16(20)21-10-6-5-9-17(3,4)14-11-13(18)7-8-15(14)19;1-14(2,8-4-5-13(17)18-3)11-9-10(15)6-7-12(11)16;1-13(2,7-3-4-8-14)11-9-10(15)5-6-12(11)16;1-3(2)4(5)6;1-2-4-5-3-1;;;;;/h7-8,11,18-19H,1,5-6,9-10H2,2-4H3;7-8,11H,1,5-6,9-10H2,2-4H3;6-7,9,15-16H,4-5,8H2,1-3H3;5-6,9,14-16H,3-4,7-8H2,1-2H3;1H2,2H3;3H,1-2,4H2;;;;;/q;;;;;-1;;+1;;;. The Morgan fingerprint density at radius 1 is 0.584 bits per heavy atom. The van der Waals surface area contributed by atoms with Crippen molar-refractivity contribution in [2.75, 3.05) is 33.5 Å². The van der Waals surface area contributed by atoms with Crippen LogP contribution < -0.4 is 18.9 Å². The zero-order valence-electron chi connectivity index (χ0n) is 54.4. The number of hydrogen-bond acceptors (Lipinski definition) is 17. The molecule has 20 heteroatoms. The molecule has 0 saturated carbocycles. The summed E-state index contributed by atoms with van der Waals surface area (Å²) in [6.07, 6.45) is 15.4. The smallest absolute Gasteiger partial charge is 0.552 e. The summed E-state index contributed by atoms with van der Waals surface area (Å²) in [7, 11) is 1.37. The first-order valence-electron chi connectivity index (χ1n) is 29.1. The minimum Gasteiger partial charge on any atom is -0.552 e. The van der Waals surface area contributed by atoms with Gasteiger partial charge in [0.25, 0.3) is 0 Å². The number of allylic oxidation sites excluding steroid dienone is 5. The average Bonchev–Trinajstić information content (AvgIpc) is 3.16. The van der Waals surface area contributed by atoms with Crippen LogP contribution in [0.5, 0.6) is 34.5 Å². The number of phenolic OH excluding ortho intramolecular Hbond substituents is 6. The van der Waals surface area contributed by atoms with Crippen LogP contribution in [0, 0.1) is 12.0 Å². The summed E-state index contributed by atoms with van der Waals surface area (Å²) < 4.78 is 19.5. The van der Waals surface area contributed by atoms with Crippen molar-refractivity contribution in [3.63, 3.8) is 0 Å². The van der Waals surface area contributed by atoms with Crippen LogP contribution >= 0.6 is 11.6 Å². The fraction of sp³-hybridized carbons (Fsp3) is 0.493. The Hall–Kier alpha value is -6.08. The van der Waals surface area contributed by atoms with Crippen molar-refractivity contribution < 1.29 is 102 Å². The SMILES string of the molecule is C=C(C)C(=O)Cl.C=C(C)C(=O)OCCCCC(C)(C)C1=CC(=O)C=CC1=O.C=C(C)C(=O)OCCCCC(C)(C)c1cc(O)ccc1O.CC(C)(CCCCO)c1cc(O)ccc1O.COC(=O)CCCC(C)(C)c1cc(O)ccc1O.[AlH3].[CH-]1CCCO1.[Li+]. The van der Waals surface area contributed by atoms with Crippen molar-refractivity contribution in [3.05, 3.63) is 138 Å². The molecule has 5 rings (SSSR count). The maximum atomic E-state index is 11.9. The second-order valence-electron chi connectivity index (χ2n) is 23.9. The molecule has 17 nitrogen and oxygen atoms in total. The number of hydrogen-bond donors (Lipinski definition) is 7. The summed E-state index contributed by atoms with van der Waals surface area (Å²) in [6, 6.07) is 13.6. The van der Waals surface area contributed by atoms with E-state index in [0.717, 1.165) is 81.9 Å². The molecule has 3 aromatic carbocycles. The first-order chi connectivity index (χ1) is 40.5. The molecule has 3 aromatic rings. The molecule has 2 aliphatic rings. The molecule has 0 amide bonds. The molecule has 1 aliphatic heterocycles. The normalized spacial score (nSPS) is 12.4. The molecular formula is C69H101AlClLiO17. The van der Waals surface area contributed by atoms with Gasteiger partial charge >= 0.3 is 36.8 Å². The summed E-state index contributed by atoms with van der Waals surface area (Å²) in [4.78, 5) is 66.5. The molecule has 0 atom stereocenters. The molecule has 7 N–H and O–H groups in total. The predicted molar refractivity (Wildman–Crippen MR) is 351 cm³/mol. The summed E-state index contributed by atoms with van der Waals surface area (Å²) in [5.41, 5.74) is 2.76. The first kappa shape index (κ1) is 87.1. The van der Waals surface area contributed by atoms with Crippen LogP contribution in [0.4, 0.5) is 0 Å². The molecule has 490 valence electrons. The Morgan fingerprint density at radius 3 is 1.27 bits per heavy atom. The monoisotopic (exact) mass is 1270 g/mol. The second kappa shape index (κ2) is 44.4. The summed E-state index contributed by atoms with van der Waals surface area (Å²) in [5, 5.41) is 66.2. The first-order valence-corrected chi connectivity index (χ1v) is 29.5. The molecule has 0 unspecified atom stereocenters. The number of unbranched alkanes of at least 4 members (excludes halogenated alkanes) is 3. The third-order valence-corrected chi connectivity index (χ3v) is 14.3. The number of aliphatic hydroxyl groups excluding tert-OH is 1. The zero-order valence-corrected chi connectivity index (χ0v) is 55.2. The van der Waals surface area contributed by atoms with Gasteiger partial charge in [0.2, 0.25) is 5.24 Å².